The van der Waals surface area contributed by atoms with Crippen LogP contribution >= 0.6 is 0 Å². The Bertz CT molecular complexity index is 1640. The first-order valence-electron chi connectivity index (χ1n) is 12.4. The largest absolute Gasteiger partial charge is 0.487 e. The van der Waals surface area contributed by atoms with E-state index in [1.165, 1.54) is 4.31 Å². The number of anilines is 1. The van der Waals surface area contributed by atoms with Crippen molar-refractivity contribution in [1.82, 2.24) is 9.03 Å². The Morgan fingerprint density at radius 3 is 2.42 bits per heavy atom. The van der Waals surface area contributed by atoms with Gasteiger partial charge in [-0.2, -0.15) is 8.42 Å². The average molecular weight is 560 g/mol. The standard InChI is InChI=1S/C26H26FN3O6S2/c27-25-22-11-18(10-19-13-29(14-19)37(32,33)21-8-9-21)6-7-20(22)12-23(36-16-17-4-2-1-3-5-17)26(25)30-15-24(31)28-38(30,34)35/h1-7,11-12,19,21H,8-10,13-16H2,(H,28,31). The van der Waals surface area contributed by atoms with Gasteiger partial charge in [-0.15, -0.1) is 0 Å². The van der Waals surface area contributed by atoms with Gasteiger partial charge >= 0.3 is 10.2 Å². The molecular weight excluding hydrogens is 533 g/mol. The molecule has 6 rings (SSSR count). The lowest BCUT2D eigenvalue weighted by Crippen LogP contribution is -2.51. The number of carbonyl (C=O) groups excluding carboxylic acids is 1. The SMILES string of the molecule is O=C1CN(c2c(OCc3ccccc3)cc3ccc(CC4CN(S(=O)(=O)C5CC5)C4)cc3c2F)S(=O)(=O)N1. The zero-order valence-corrected chi connectivity index (χ0v) is 22.0. The summed E-state index contributed by atoms with van der Waals surface area (Å²) in [4.78, 5) is 11.9. The highest BCUT2D eigenvalue weighted by atomic mass is 32.2. The Balaban J connectivity index is 1.31. The Kier molecular flexibility index (Phi) is 6.08. The summed E-state index contributed by atoms with van der Waals surface area (Å²) in [6.45, 7) is 0.404. The van der Waals surface area contributed by atoms with E-state index in [1.54, 1.807) is 18.2 Å². The number of ether oxygens (including phenoxy) is 1. The van der Waals surface area contributed by atoms with E-state index < -0.39 is 38.5 Å². The zero-order valence-electron chi connectivity index (χ0n) is 20.3. The van der Waals surface area contributed by atoms with E-state index in [0.717, 1.165) is 24.0 Å². The first-order valence-corrected chi connectivity index (χ1v) is 15.3. The second kappa shape index (κ2) is 9.21. The first-order chi connectivity index (χ1) is 18.1. The summed E-state index contributed by atoms with van der Waals surface area (Å²) in [6.07, 6.45) is 2.01. The van der Waals surface area contributed by atoms with E-state index in [4.69, 9.17) is 4.74 Å². The molecule has 1 aliphatic carbocycles. The van der Waals surface area contributed by atoms with E-state index in [2.05, 4.69) is 0 Å². The molecule has 3 aromatic rings. The van der Waals surface area contributed by atoms with Crippen LogP contribution in [0, 0.1) is 11.7 Å². The number of sulfonamides is 1. The van der Waals surface area contributed by atoms with Crippen LogP contribution in [0.25, 0.3) is 10.8 Å². The molecule has 0 atom stereocenters. The van der Waals surface area contributed by atoms with Gasteiger partial charge in [0.15, 0.2) is 5.82 Å². The number of nitrogens with zero attached hydrogens (tertiary/aromatic N) is 2. The molecule has 2 aliphatic heterocycles. The van der Waals surface area contributed by atoms with Crippen LogP contribution in [-0.4, -0.2) is 51.9 Å². The van der Waals surface area contributed by atoms with Gasteiger partial charge in [0, 0.05) is 18.5 Å². The third kappa shape index (κ3) is 4.61. The summed E-state index contributed by atoms with van der Waals surface area (Å²) >= 11 is 0. The van der Waals surface area contributed by atoms with E-state index >= 15 is 4.39 Å². The van der Waals surface area contributed by atoms with Crippen LogP contribution in [0.5, 0.6) is 5.75 Å². The van der Waals surface area contributed by atoms with E-state index in [1.807, 2.05) is 41.1 Å². The van der Waals surface area contributed by atoms with Gasteiger partial charge in [0.25, 0.3) is 5.91 Å². The fourth-order valence-corrected chi connectivity index (χ4v) is 8.14. The van der Waals surface area contributed by atoms with Crippen molar-refractivity contribution in [2.75, 3.05) is 23.9 Å². The van der Waals surface area contributed by atoms with Crippen molar-refractivity contribution in [3.05, 3.63) is 71.5 Å². The molecule has 2 heterocycles. The highest BCUT2D eigenvalue weighted by molar-refractivity contribution is 7.92. The van der Waals surface area contributed by atoms with Gasteiger partial charge in [-0.25, -0.2) is 26.1 Å². The highest BCUT2D eigenvalue weighted by Gasteiger charge is 2.45. The van der Waals surface area contributed by atoms with Gasteiger partial charge in [-0.1, -0.05) is 42.5 Å². The van der Waals surface area contributed by atoms with Gasteiger partial charge < -0.3 is 4.74 Å². The third-order valence-corrected chi connectivity index (χ3v) is 10.9. The Hall–Kier alpha value is -3.22. The molecule has 12 heteroatoms. The quantitative estimate of drug-likeness (QED) is 0.454. The summed E-state index contributed by atoms with van der Waals surface area (Å²) < 4.78 is 76.1. The van der Waals surface area contributed by atoms with Gasteiger partial charge in [0.05, 0.1) is 5.25 Å². The summed E-state index contributed by atoms with van der Waals surface area (Å²) in [7, 11) is -7.47. The first kappa shape index (κ1) is 25.1. The Labute approximate surface area is 220 Å². The molecule has 0 radical (unpaired) electrons. The zero-order chi connectivity index (χ0) is 26.7. The predicted octanol–water partition coefficient (Wildman–Crippen LogP) is 2.71. The van der Waals surface area contributed by atoms with Gasteiger partial charge in [-0.05, 0) is 53.8 Å². The van der Waals surface area contributed by atoms with E-state index in [9.17, 15) is 21.6 Å². The maximum absolute atomic E-state index is 16.1. The highest BCUT2D eigenvalue weighted by Crippen LogP contribution is 2.40. The molecule has 9 nitrogen and oxygen atoms in total. The monoisotopic (exact) mass is 559 g/mol. The third-order valence-electron chi connectivity index (χ3n) is 7.14. The molecule has 200 valence electrons. The number of benzene rings is 3. The maximum atomic E-state index is 16.1. The van der Waals surface area contributed by atoms with Crippen LogP contribution in [0.2, 0.25) is 0 Å². The Morgan fingerprint density at radius 2 is 1.76 bits per heavy atom. The number of rotatable bonds is 8. The molecule has 0 aromatic heterocycles. The van der Waals surface area contributed by atoms with Crippen molar-refractivity contribution >= 4 is 42.6 Å². The number of hydrogen-bond acceptors (Lipinski definition) is 6. The van der Waals surface area contributed by atoms with Crippen molar-refractivity contribution in [3.63, 3.8) is 0 Å². The fraction of sp³-hybridized carbons (Fsp3) is 0.346. The predicted molar refractivity (Wildman–Crippen MR) is 140 cm³/mol. The lowest BCUT2D eigenvalue weighted by atomic mass is 9.93. The summed E-state index contributed by atoms with van der Waals surface area (Å²) in [6, 6.07) is 16.0. The minimum absolute atomic E-state index is 0.00611. The van der Waals surface area contributed by atoms with Crippen LogP contribution < -0.4 is 13.8 Å². The van der Waals surface area contributed by atoms with Gasteiger partial charge in [0.2, 0.25) is 10.0 Å². The van der Waals surface area contributed by atoms with E-state index in [-0.39, 0.29) is 34.6 Å². The number of fused-ring (bicyclic) bond motifs is 1. The molecule has 38 heavy (non-hydrogen) atoms. The molecule has 1 saturated carbocycles. The van der Waals surface area contributed by atoms with Crippen molar-refractivity contribution in [2.45, 2.75) is 31.1 Å². The van der Waals surface area contributed by atoms with Crippen LogP contribution in [0.1, 0.15) is 24.0 Å². The van der Waals surface area contributed by atoms with Crippen molar-refractivity contribution in [1.29, 1.82) is 0 Å². The number of hydrogen-bond donors (Lipinski definition) is 1. The minimum atomic E-state index is -4.28. The topological polar surface area (TPSA) is 113 Å². The van der Waals surface area contributed by atoms with Crippen LogP contribution in [0.4, 0.5) is 10.1 Å². The van der Waals surface area contributed by atoms with Crippen molar-refractivity contribution in [2.24, 2.45) is 5.92 Å². The van der Waals surface area contributed by atoms with Crippen LogP contribution in [0.15, 0.2) is 54.6 Å². The number of halogens is 1. The molecule has 3 fully saturated rings. The molecule has 1 N–H and O–H groups in total. The summed E-state index contributed by atoms with van der Waals surface area (Å²) in [5.74, 6) is -1.44. The smallest absolute Gasteiger partial charge is 0.326 e. The lowest BCUT2D eigenvalue weighted by molar-refractivity contribution is -0.117. The summed E-state index contributed by atoms with van der Waals surface area (Å²) in [5.41, 5.74) is 1.30. The van der Waals surface area contributed by atoms with Gasteiger partial charge in [-0.3, -0.25) is 4.79 Å². The van der Waals surface area contributed by atoms with Crippen LogP contribution in [0.3, 0.4) is 0 Å². The van der Waals surface area contributed by atoms with Crippen LogP contribution in [-0.2, 0) is 38.1 Å². The molecule has 0 bridgehead atoms. The second-order valence-electron chi connectivity index (χ2n) is 10.0. The molecule has 2 saturated heterocycles. The molecule has 3 aliphatic rings. The Morgan fingerprint density at radius 1 is 1.03 bits per heavy atom. The second-order valence-corrected chi connectivity index (χ2v) is 13.8. The fourth-order valence-electron chi connectivity index (χ4n) is 4.98. The normalized spacial score (nSPS) is 19.9. The number of carbonyl (C=O) groups is 1. The summed E-state index contributed by atoms with van der Waals surface area (Å²) in [5, 5.41) is 0.472. The lowest BCUT2D eigenvalue weighted by Gasteiger charge is -2.38. The number of nitrogens with one attached hydrogen (secondary N) is 1. The van der Waals surface area contributed by atoms with Crippen molar-refractivity contribution < 1.29 is 30.8 Å². The average Bonchev–Trinajstić information content (AvgIpc) is 3.67. The molecule has 3 aromatic carbocycles. The van der Waals surface area contributed by atoms with Crippen molar-refractivity contribution in [3.8, 4) is 5.75 Å². The van der Waals surface area contributed by atoms with Gasteiger partial charge in [0.1, 0.15) is 24.6 Å². The molecule has 0 unspecified atom stereocenters. The molecule has 0 spiro atoms. The number of amides is 1. The molecule has 1 amide bonds. The molecular formula is C26H26FN3O6S2. The minimum Gasteiger partial charge on any atom is -0.487 e. The van der Waals surface area contributed by atoms with E-state index in [0.29, 0.717) is 29.2 Å². The maximum Gasteiger partial charge on any atom is 0.326 e.